The van der Waals surface area contributed by atoms with Crippen LogP contribution in [0.4, 0.5) is 0 Å². The van der Waals surface area contributed by atoms with Gasteiger partial charge in [0.25, 0.3) is 0 Å². The van der Waals surface area contributed by atoms with Gasteiger partial charge < -0.3 is 14.7 Å². The number of rotatable bonds is 6. The molecule has 0 aromatic carbocycles. The van der Waals surface area contributed by atoms with Crippen molar-refractivity contribution < 1.29 is 9.84 Å². The van der Waals surface area contributed by atoms with Crippen molar-refractivity contribution >= 4 is 17.1 Å². The lowest BCUT2D eigenvalue weighted by molar-refractivity contribution is -0.0107. The summed E-state index contributed by atoms with van der Waals surface area (Å²) in [6, 6.07) is 1.81. The fourth-order valence-corrected chi connectivity index (χ4v) is 3.70. The molecular formula is C15H21N3O2S. The van der Waals surface area contributed by atoms with Crippen LogP contribution >= 0.6 is 12.2 Å². The van der Waals surface area contributed by atoms with E-state index in [0.717, 1.165) is 49.5 Å². The Morgan fingerprint density at radius 1 is 1.57 bits per heavy atom. The molecule has 2 aliphatic rings. The quantitative estimate of drug-likeness (QED) is 0.798. The topological polar surface area (TPSA) is 58.5 Å². The summed E-state index contributed by atoms with van der Waals surface area (Å²) >= 11 is 5.46. The van der Waals surface area contributed by atoms with Crippen LogP contribution in [0.1, 0.15) is 25.0 Å². The largest absolute Gasteiger partial charge is 0.481 e. The molecule has 1 aromatic rings. The average Bonchev–Trinajstić information content (AvgIpc) is 3.06. The molecule has 0 amide bonds. The van der Waals surface area contributed by atoms with Gasteiger partial charge in [-0.1, -0.05) is 12.2 Å². The van der Waals surface area contributed by atoms with Crippen LogP contribution in [0.25, 0.3) is 0 Å². The minimum atomic E-state index is -0.536. The Kier molecular flexibility index (Phi) is 4.19. The van der Waals surface area contributed by atoms with E-state index in [1.165, 1.54) is 6.33 Å². The Hall–Kier alpha value is -1.11. The van der Waals surface area contributed by atoms with Gasteiger partial charge in [-0.25, -0.2) is 9.97 Å². The second kappa shape index (κ2) is 5.94. The van der Waals surface area contributed by atoms with Crippen LogP contribution in [0.15, 0.2) is 12.4 Å². The number of aliphatic hydroxyl groups is 1. The Bertz CT molecular complexity index is 539. The number of piperidine rings is 1. The van der Waals surface area contributed by atoms with E-state index in [2.05, 4.69) is 14.9 Å². The SMILES string of the molecule is COc1cc(CC(=S)CC[C@]2(O)CN3CC[C@@H]2C3)ncn1. The number of fused-ring (bicyclic) bond motifs is 2. The summed E-state index contributed by atoms with van der Waals surface area (Å²) in [5.74, 6) is 0.988. The number of nitrogens with zero attached hydrogens (tertiary/aromatic N) is 3. The van der Waals surface area contributed by atoms with Gasteiger partial charge in [0.1, 0.15) is 6.33 Å². The summed E-state index contributed by atoms with van der Waals surface area (Å²) in [5.41, 5.74) is 0.335. The second-order valence-electron chi connectivity index (χ2n) is 6.09. The summed E-state index contributed by atoms with van der Waals surface area (Å²) < 4.78 is 5.09. The lowest BCUT2D eigenvalue weighted by Gasteiger charge is -2.32. The third-order valence-electron chi connectivity index (χ3n) is 4.65. The van der Waals surface area contributed by atoms with Gasteiger partial charge in [-0.15, -0.1) is 0 Å². The third kappa shape index (κ3) is 3.22. The van der Waals surface area contributed by atoms with Crippen LogP contribution in [0, 0.1) is 5.92 Å². The molecular weight excluding hydrogens is 286 g/mol. The highest BCUT2D eigenvalue weighted by Gasteiger charge is 2.48. The first kappa shape index (κ1) is 14.8. The second-order valence-corrected chi connectivity index (χ2v) is 6.67. The predicted octanol–water partition coefficient (Wildman–Crippen LogP) is 1.24. The predicted molar refractivity (Wildman–Crippen MR) is 83.6 cm³/mol. The molecule has 2 saturated heterocycles. The van der Waals surface area contributed by atoms with Crippen LogP contribution in [-0.4, -0.2) is 57.2 Å². The summed E-state index contributed by atoms with van der Waals surface area (Å²) in [7, 11) is 1.59. The lowest BCUT2D eigenvalue weighted by Crippen LogP contribution is -2.42. The highest BCUT2D eigenvalue weighted by atomic mass is 32.1. The molecule has 0 radical (unpaired) electrons. The highest BCUT2D eigenvalue weighted by molar-refractivity contribution is 7.80. The van der Waals surface area contributed by atoms with Gasteiger partial charge in [-0.05, 0) is 30.7 Å². The molecule has 6 heteroatoms. The Morgan fingerprint density at radius 3 is 3.10 bits per heavy atom. The van der Waals surface area contributed by atoms with E-state index in [9.17, 15) is 5.11 Å². The molecule has 3 atom stereocenters. The molecule has 3 rings (SSSR count). The number of methoxy groups -OCH3 is 1. The molecule has 3 heterocycles. The monoisotopic (exact) mass is 307 g/mol. The van der Waals surface area contributed by atoms with Crippen molar-refractivity contribution in [2.45, 2.75) is 31.3 Å². The van der Waals surface area contributed by atoms with E-state index in [-0.39, 0.29) is 0 Å². The van der Waals surface area contributed by atoms with E-state index >= 15 is 0 Å². The molecule has 5 nitrogen and oxygen atoms in total. The van der Waals surface area contributed by atoms with Crippen molar-refractivity contribution in [2.75, 3.05) is 26.7 Å². The van der Waals surface area contributed by atoms with E-state index in [1.807, 2.05) is 6.07 Å². The Morgan fingerprint density at radius 2 is 2.43 bits per heavy atom. The molecule has 1 N–H and O–H groups in total. The number of hydrogen-bond acceptors (Lipinski definition) is 6. The van der Waals surface area contributed by atoms with Crippen molar-refractivity contribution in [2.24, 2.45) is 5.92 Å². The molecule has 0 aliphatic carbocycles. The van der Waals surface area contributed by atoms with Crippen molar-refractivity contribution in [3.8, 4) is 5.88 Å². The minimum Gasteiger partial charge on any atom is -0.481 e. The summed E-state index contributed by atoms with van der Waals surface area (Å²) in [6.45, 7) is 2.99. The fourth-order valence-electron chi connectivity index (χ4n) is 3.45. The number of thiocarbonyl (C=S) groups is 1. The maximum absolute atomic E-state index is 10.7. The van der Waals surface area contributed by atoms with Crippen LogP contribution in [0.3, 0.4) is 0 Å². The van der Waals surface area contributed by atoms with E-state index < -0.39 is 5.60 Å². The number of ether oxygens (including phenoxy) is 1. The summed E-state index contributed by atoms with van der Waals surface area (Å²) in [5, 5.41) is 10.7. The molecule has 2 bridgehead atoms. The molecule has 0 spiro atoms. The van der Waals surface area contributed by atoms with Crippen LogP contribution in [0.2, 0.25) is 0 Å². The van der Waals surface area contributed by atoms with Gasteiger partial charge in [0.05, 0.1) is 18.4 Å². The van der Waals surface area contributed by atoms with Crippen molar-refractivity contribution in [3.05, 3.63) is 18.1 Å². The Balaban J connectivity index is 1.52. The van der Waals surface area contributed by atoms with Gasteiger partial charge in [0.2, 0.25) is 5.88 Å². The van der Waals surface area contributed by atoms with Gasteiger partial charge in [0, 0.05) is 31.5 Å². The summed E-state index contributed by atoms with van der Waals surface area (Å²) in [6.07, 6.45) is 4.77. The average molecular weight is 307 g/mol. The highest BCUT2D eigenvalue weighted by Crippen LogP contribution is 2.39. The van der Waals surface area contributed by atoms with E-state index in [1.54, 1.807) is 7.11 Å². The standard InChI is InChI=1S/C15H21N3O2S/c1-20-14-7-12(16-10-17-14)6-13(21)2-4-15(19)9-18-5-3-11(15)8-18/h7,10-11,19H,2-6,8-9H2,1H3/t11-,15+/m1/s1. The molecule has 0 saturated carbocycles. The van der Waals surface area contributed by atoms with Crippen LogP contribution < -0.4 is 4.74 Å². The van der Waals surface area contributed by atoms with Crippen molar-refractivity contribution in [1.29, 1.82) is 0 Å². The molecule has 2 aliphatic heterocycles. The normalized spacial score (nSPS) is 30.6. The van der Waals surface area contributed by atoms with Crippen molar-refractivity contribution in [1.82, 2.24) is 14.9 Å². The zero-order valence-corrected chi connectivity index (χ0v) is 13.1. The van der Waals surface area contributed by atoms with Gasteiger partial charge in [-0.3, -0.25) is 0 Å². The van der Waals surface area contributed by atoms with Gasteiger partial charge in [0.15, 0.2) is 0 Å². The number of aromatic nitrogens is 2. The molecule has 1 aromatic heterocycles. The van der Waals surface area contributed by atoms with E-state index in [4.69, 9.17) is 17.0 Å². The first-order chi connectivity index (χ1) is 10.1. The minimum absolute atomic E-state index is 0.430. The first-order valence-electron chi connectivity index (χ1n) is 7.40. The first-order valence-corrected chi connectivity index (χ1v) is 7.81. The Labute approximate surface area is 130 Å². The molecule has 1 unspecified atom stereocenters. The van der Waals surface area contributed by atoms with Gasteiger partial charge in [-0.2, -0.15) is 0 Å². The lowest BCUT2D eigenvalue weighted by atomic mass is 9.83. The fraction of sp³-hybridized carbons (Fsp3) is 0.667. The van der Waals surface area contributed by atoms with Crippen LogP contribution in [-0.2, 0) is 6.42 Å². The maximum Gasteiger partial charge on any atom is 0.216 e. The third-order valence-corrected chi connectivity index (χ3v) is 5.00. The zero-order valence-electron chi connectivity index (χ0n) is 12.3. The zero-order chi connectivity index (χ0) is 14.9. The van der Waals surface area contributed by atoms with E-state index in [0.29, 0.717) is 18.2 Å². The summed E-state index contributed by atoms with van der Waals surface area (Å²) in [4.78, 5) is 11.5. The van der Waals surface area contributed by atoms with Crippen LogP contribution in [0.5, 0.6) is 5.88 Å². The maximum atomic E-state index is 10.7. The van der Waals surface area contributed by atoms with Gasteiger partial charge >= 0.3 is 0 Å². The molecule has 114 valence electrons. The van der Waals surface area contributed by atoms with Crippen molar-refractivity contribution in [3.63, 3.8) is 0 Å². The smallest absolute Gasteiger partial charge is 0.216 e. The number of hydrogen-bond donors (Lipinski definition) is 1. The molecule has 2 fully saturated rings. The molecule has 21 heavy (non-hydrogen) atoms.